The van der Waals surface area contributed by atoms with Crippen LogP contribution in [0.15, 0.2) is 52.5 Å². The SMILES string of the molecule is O=[N+]([O-])c1ccc(N/N=C\c2ccc(SCCO)c([N+](=O)[O-])c2)cc1. The third-order valence-electron chi connectivity index (χ3n) is 3.01. The Morgan fingerprint density at radius 2 is 1.84 bits per heavy atom. The van der Waals surface area contributed by atoms with Gasteiger partial charge < -0.3 is 5.11 Å². The van der Waals surface area contributed by atoms with Crippen molar-refractivity contribution in [3.8, 4) is 0 Å². The molecule has 0 spiro atoms. The number of non-ortho nitro benzene ring substituents is 1. The number of rotatable bonds is 8. The lowest BCUT2D eigenvalue weighted by atomic mass is 10.2. The van der Waals surface area contributed by atoms with Gasteiger partial charge in [-0.2, -0.15) is 5.10 Å². The molecule has 0 saturated heterocycles. The van der Waals surface area contributed by atoms with Crippen molar-refractivity contribution in [3.05, 3.63) is 68.3 Å². The molecule has 0 radical (unpaired) electrons. The summed E-state index contributed by atoms with van der Waals surface area (Å²) in [5.74, 6) is 0.371. The zero-order valence-electron chi connectivity index (χ0n) is 12.9. The number of hydrogen-bond donors (Lipinski definition) is 2. The second-order valence-electron chi connectivity index (χ2n) is 4.73. The van der Waals surface area contributed by atoms with Crippen molar-refractivity contribution >= 4 is 35.0 Å². The predicted molar refractivity (Wildman–Crippen MR) is 95.2 cm³/mol. The minimum absolute atomic E-state index is 0.0267. The van der Waals surface area contributed by atoms with Crippen LogP contribution in [0.5, 0.6) is 0 Å². The molecule has 2 aromatic carbocycles. The van der Waals surface area contributed by atoms with Gasteiger partial charge in [0.2, 0.25) is 0 Å². The first-order valence-corrected chi connectivity index (χ1v) is 8.05. The van der Waals surface area contributed by atoms with Crippen molar-refractivity contribution in [1.29, 1.82) is 0 Å². The minimum Gasteiger partial charge on any atom is -0.396 e. The zero-order chi connectivity index (χ0) is 18.2. The standard InChI is InChI=1S/C15H14N4O5S/c20-7-8-25-15-6-1-11(9-14(15)19(23)24)10-16-17-12-2-4-13(5-3-12)18(21)22/h1-6,9-10,17,20H,7-8H2/b16-10-. The van der Waals surface area contributed by atoms with E-state index in [1.807, 2.05) is 0 Å². The summed E-state index contributed by atoms with van der Waals surface area (Å²) in [7, 11) is 0. The largest absolute Gasteiger partial charge is 0.396 e. The molecule has 0 aliphatic heterocycles. The topological polar surface area (TPSA) is 131 Å². The fourth-order valence-electron chi connectivity index (χ4n) is 1.87. The number of nitro benzene ring substituents is 2. The zero-order valence-corrected chi connectivity index (χ0v) is 13.7. The molecular weight excluding hydrogens is 348 g/mol. The average molecular weight is 362 g/mol. The molecule has 2 N–H and O–H groups in total. The number of nitro groups is 2. The molecule has 130 valence electrons. The van der Waals surface area contributed by atoms with Gasteiger partial charge >= 0.3 is 0 Å². The number of nitrogens with zero attached hydrogens (tertiary/aromatic N) is 3. The number of nitrogens with one attached hydrogen (secondary N) is 1. The molecule has 0 aliphatic rings. The maximum atomic E-state index is 11.1. The summed E-state index contributed by atoms with van der Waals surface area (Å²) in [4.78, 5) is 21.2. The number of anilines is 1. The molecule has 0 aliphatic carbocycles. The van der Waals surface area contributed by atoms with Gasteiger partial charge in [-0.05, 0) is 18.2 Å². The van der Waals surface area contributed by atoms with Gasteiger partial charge in [0.25, 0.3) is 11.4 Å². The van der Waals surface area contributed by atoms with Gasteiger partial charge in [0.15, 0.2) is 0 Å². The number of benzene rings is 2. The van der Waals surface area contributed by atoms with Gasteiger partial charge in [0.05, 0.1) is 33.3 Å². The van der Waals surface area contributed by atoms with Crippen molar-refractivity contribution in [1.82, 2.24) is 0 Å². The first-order chi connectivity index (χ1) is 12.0. The lowest BCUT2D eigenvalue weighted by Crippen LogP contribution is -1.96. The van der Waals surface area contributed by atoms with Crippen LogP contribution in [0.1, 0.15) is 5.56 Å². The first kappa shape index (κ1) is 18.4. The maximum absolute atomic E-state index is 11.1. The molecule has 0 aromatic heterocycles. The van der Waals surface area contributed by atoms with Crippen LogP contribution >= 0.6 is 11.8 Å². The third kappa shape index (κ3) is 5.26. The second kappa shape index (κ2) is 8.76. The molecule has 25 heavy (non-hydrogen) atoms. The van der Waals surface area contributed by atoms with E-state index >= 15 is 0 Å². The Kier molecular flexibility index (Phi) is 6.43. The quantitative estimate of drug-likeness (QED) is 0.319. The summed E-state index contributed by atoms with van der Waals surface area (Å²) in [5, 5.41) is 34.5. The van der Waals surface area contributed by atoms with E-state index in [0.717, 1.165) is 0 Å². The highest BCUT2D eigenvalue weighted by Crippen LogP contribution is 2.29. The number of hydrogen-bond acceptors (Lipinski definition) is 8. The molecule has 0 unspecified atom stereocenters. The highest BCUT2D eigenvalue weighted by atomic mass is 32.2. The third-order valence-corrected chi connectivity index (χ3v) is 4.06. The van der Waals surface area contributed by atoms with Crippen LogP contribution in [0, 0.1) is 20.2 Å². The summed E-state index contributed by atoms with van der Waals surface area (Å²) in [5.41, 5.74) is 3.68. The second-order valence-corrected chi connectivity index (χ2v) is 5.87. The number of thioether (sulfide) groups is 1. The van der Waals surface area contributed by atoms with Crippen molar-refractivity contribution in [2.45, 2.75) is 4.90 Å². The molecule has 0 heterocycles. The van der Waals surface area contributed by atoms with Crippen LogP contribution in [-0.2, 0) is 0 Å². The lowest BCUT2D eigenvalue weighted by molar-refractivity contribution is -0.387. The highest BCUT2D eigenvalue weighted by molar-refractivity contribution is 7.99. The number of hydrazone groups is 1. The molecule has 0 atom stereocenters. The van der Waals surface area contributed by atoms with E-state index in [9.17, 15) is 20.2 Å². The summed E-state index contributed by atoms with van der Waals surface area (Å²) in [6.45, 7) is -0.0653. The van der Waals surface area contributed by atoms with Crippen molar-refractivity contribution in [2.75, 3.05) is 17.8 Å². The van der Waals surface area contributed by atoms with Crippen LogP contribution < -0.4 is 5.43 Å². The molecule has 0 bridgehead atoms. The number of aliphatic hydroxyl groups is 1. The molecular formula is C15H14N4O5S. The minimum atomic E-state index is -0.497. The van der Waals surface area contributed by atoms with Crippen molar-refractivity contribution in [2.24, 2.45) is 5.10 Å². The summed E-state index contributed by atoms with van der Waals surface area (Å²) in [6.07, 6.45) is 1.41. The van der Waals surface area contributed by atoms with Gasteiger partial charge in [0, 0.05) is 29.5 Å². The summed E-state index contributed by atoms with van der Waals surface area (Å²) >= 11 is 1.20. The van der Waals surface area contributed by atoms with Crippen LogP contribution in [0.25, 0.3) is 0 Å². The molecule has 9 nitrogen and oxygen atoms in total. The maximum Gasteiger partial charge on any atom is 0.283 e. The predicted octanol–water partition coefficient (Wildman–Crippen LogP) is 3.03. The van der Waals surface area contributed by atoms with Crippen LogP contribution in [0.2, 0.25) is 0 Å². The van der Waals surface area contributed by atoms with Gasteiger partial charge in [-0.25, -0.2) is 0 Å². The lowest BCUT2D eigenvalue weighted by Gasteiger charge is -2.03. The average Bonchev–Trinajstić information content (AvgIpc) is 2.60. The van der Waals surface area contributed by atoms with E-state index in [4.69, 9.17) is 5.11 Å². The van der Waals surface area contributed by atoms with Crippen LogP contribution in [-0.4, -0.2) is 33.5 Å². The fraction of sp³-hybridized carbons (Fsp3) is 0.133. The summed E-state index contributed by atoms with van der Waals surface area (Å²) < 4.78 is 0. The Bertz CT molecular complexity index is 795. The molecule has 10 heteroatoms. The van der Waals surface area contributed by atoms with Crippen molar-refractivity contribution in [3.63, 3.8) is 0 Å². The summed E-state index contributed by atoms with van der Waals surface area (Å²) in [6, 6.07) is 10.4. The molecule has 0 saturated carbocycles. The Labute approximate surface area is 146 Å². The van der Waals surface area contributed by atoms with E-state index in [-0.39, 0.29) is 18.0 Å². The van der Waals surface area contributed by atoms with E-state index in [1.54, 1.807) is 12.1 Å². The van der Waals surface area contributed by atoms with Crippen LogP contribution in [0.3, 0.4) is 0 Å². The molecule has 0 amide bonds. The molecule has 2 rings (SSSR count). The highest BCUT2D eigenvalue weighted by Gasteiger charge is 2.14. The normalized spacial score (nSPS) is 10.8. The smallest absolute Gasteiger partial charge is 0.283 e. The van der Waals surface area contributed by atoms with Gasteiger partial charge in [-0.1, -0.05) is 6.07 Å². The monoisotopic (exact) mass is 362 g/mol. The van der Waals surface area contributed by atoms with Gasteiger partial charge in [-0.3, -0.25) is 25.7 Å². The Hall–Kier alpha value is -2.98. The van der Waals surface area contributed by atoms with Crippen molar-refractivity contribution < 1.29 is 15.0 Å². The van der Waals surface area contributed by atoms with E-state index in [2.05, 4.69) is 10.5 Å². The Balaban J connectivity index is 2.08. The van der Waals surface area contributed by atoms with Gasteiger partial charge in [-0.15, -0.1) is 11.8 Å². The van der Waals surface area contributed by atoms with Gasteiger partial charge in [0.1, 0.15) is 0 Å². The first-order valence-electron chi connectivity index (χ1n) is 7.07. The van der Waals surface area contributed by atoms with E-state index in [0.29, 0.717) is 21.9 Å². The Morgan fingerprint density at radius 1 is 1.12 bits per heavy atom. The van der Waals surface area contributed by atoms with E-state index in [1.165, 1.54) is 48.3 Å². The number of aliphatic hydroxyl groups excluding tert-OH is 1. The van der Waals surface area contributed by atoms with Crippen LogP contribution in [0.4, 0.5) is 17.1 Å². The fourth-order valence-corrected chi connectivity index (χ4v) is 2.63. The van der Waals surface area contributed by atoms with E-state index < -0.39 is 9.85 Å². The molecule has 2 aromatic rings. The molecule has 0 fully saturated rings. The Morgan fingerprint density at radius 3 is 2.44 bits per heavy atom.